The standard InChI is InChI=1S/C8H14N2/c1-8(2,3)10-7-5-4-6-9-10/h4-6H,7H2,1-3H3. The van der Waals surface area contributed by atoms with Crippen molar-refractivity contribution in [3.8, 4) is 0 Å². The molecule has 0 amide bonds. The molecule has 0 aromatic heterocycles. The lowest BCUT2D eigenvalue weighted by Gasteiger charge is -2.32. The molecule has 0 N–H and O–H groups in total. The fraction of sp³-hybridized carbons (Fsp3) is 0.625. The average molecular weight is 138 g/mol. The first-order chi connectivity index (χ1) is 4.61. The van der Waals surface area contributed by atoms with E-state index in [0.717, 1.165) is 6.54 Å². The van der Waals surface area contributed by atoms with Crippen molar-refractivity contribution in [3.05, 3.63) is 12.2 Å². The predicted octanol–water partition coefficient (Wildman–Crippen LogP) is 1.64. The van der Waals surface area contributed by atoms with Gasteiger partial charge in [0, 0.05) is 11.8 Å². The van der Waals surface area contributed by atoms with Crippen molar-refractivity contribution >= 4 is 6.21 Å². The van der Waals surface area contributed by atoms with Crippen LogP contribution in [-0.4, -0.2) is 23.3 Å². The van der Waals surface area contributed by atoms with Crippen molar-refractivity contribution in [2.24, 2.45) is 5.10 Å². The highest BCUT2D eigenvalue weighted by molar-refractivity contribution is 5.71. The minimum atomic E-state index is 0.154. The Balaban J connectivity index is 2.60. The fourth-order valence-corrected chi connectivity index (χ4v) is 0.835. The van der Waals surface area contributed by atoms with Crippen molar-refractivity contribution in [2.75, 3.05) is 6.54 Å². The molecule has 56 valence electrons. The van der Waals surface area contributed by atoms with Crippen LogP contribution in [0.2, 0.25) is 0 Å². The van der Waals surface area contributed by atoms with Crippen LogP contribution >= 0.6 is 0 Å². The van der Waals surface area contributed by atoms with Gasteiger partial charge in [0.25, 0.3) is 0 Å². The first kappa shape index (κ1) is 7.32. The summed E-state index contributed by atoms with van der Waals surface area (Å²) >= 11 is 0. The maximum atomic E-state index is 4.22. The molecule has 0 atom stereocenters. The molecule has 0 bridgehead atoms. The minimum Gasteiger partial charge on any atom is -0.288 e. The number of allylic oxidation sites excluding steroid dienone is 1. The number of nitrogens with zero attached hydrogens (tertiary/aromatic N) is 2. The predicted molar refractivity (Wildman–Crippen MR) is 44.1 cm³/mol. The third-order valence-corrected chi connectivity index (χ3v) is 1.48. The van der Waals surface area contributed by atoms with Crippen LogP contribution in [-0.2, 0) is 0 Å². The van der Waals surface area contributed by atoms with E-state index >= 15 is 0 Å². The highest BCUT2D eigenvalue weighted by atomic mass is 15.5. The topological polar surface area (TPSA) is 15.6 Å². The zero-order valence-electron chi connectivity index (χ0n) is 6.83. The molecule has 2 heteroatoms. The molecule has 0 spiro atoms. The molecule has 10 heavy (non-hydrogen) atoms. The van der Waals surface area contributed by atoms with Crippen molar-refractivity contribution in [2.45, 2.75) is 26.3 Å². The quantitative estimate of drug-likeness (QED) is 0.497. The van der Waals surface area contributed by atoms with Crippen LogP contribution in [0, 0.1) is 0 Å². The number of rotatable bonds is 0. The summed E-state index contributed by atoms with van der Waals surface area (Å²) in [6, 6.07) is 0. The van der Waals surface area contributed by atoms with Gasteiger partial charge in [0.2, 0.25) is 0 Å². The summed E-state index contributed by atoms with van der Waals surface area (Å²) in [5.41, 5.74) is 0.154. The third kappa shape index (κ3) is 1.59. The van der Waals surface area contributed by atoms with E-state index in [1.54, 1.807) is 0 Å². The van der Waals surface area contributed by atoms with Crippen LogP contribution < -0.4 is 0 Å². The molecular weight excluding hydrogens is 124 g/mol. The summed E-state index contributed by atoms with van der Waals surface area (Å²) in [5, 5.41) is 6.28. The fourth-order valence-electron chi connectivity index (χ4n) is 0.835. The lowest BCUT2D eigenvalue weighted by atomic mass is 10.1. The minimum absolute atomic E-state index is 0.154. The Kier molecular flexibility index (Phi) is 1.79. The molecule has 1 rings (SSSR count). The van der Waals surface area contributed by atoms with Crippen LogP contribution in [0.25, 0.3) is 0 Å². The molecule has 1 heterocycles. The maximum absolute atomic E-state index is 4.22. The Labute approximate surface area is 62.2 Å². The van der Waals surface area contributed by atoms with Gasteiger partial charge in [-0.25, -0.2) is 0 Å². The summed E-state index contributed by atoms with van der Waals surface area (Å²) in [4.78, 5) is 0. The maximum Gasteiger partial charge on any atom is 0.0550 e. The molecule has 0 aromatic carbocycles. The molecular formula is C8H14N2. The number of hydrogen-bond acceptors (Lipinski definition) is 2. The van der Waals surface area contributed by atoms with Gasteiger partial charge in [-0.1, -0.05) is 6.08 Å². The average Bonchev–Trinajstić information content (AvgIpc) is 1.88. The molecule has 0 fully saturated rings. The third-order valence-electron chi connectivity index (χ3n) is 1.48. The van der Waals surface area contributed by atoms with Gasteiger partial charge < -0.3 is 0 Å². The first-order valence-electron chi connectivity index (χ1n) is 3.57. The zero-order chi connectivity index (χ0) is 7.61. The Morgan fingerprint density at radius 3 is 2.40 bits per heavy atom. The molecule has 0 aromatic rings. The van der Waals surface area contributed by atoms with Gasteiger partial charge in [-0.3, -0.25) is 5.01 Å². The van der Waals surface area contributed by atoms with Crippen molar-refractivity contribution < 1.29 is 0 Å². The Hall–Kier alpha value is -0.790. The van der Waals surface area contributed by atoms with Gasteiger partial charge in [0.15, 0.2) is 0 Å². The van der Waals surface area contributed by atoms with Crippen molar-refractivity contribution in [1.29, 1.82) is 0 Å². The van der Waals surface area contributed by atoms with E-state index in [1.165, 1.54) is 0 Å². The lowest BCUT2D eigenvalue weighted by Crippen LogP contribution is -2.38. The lowest BCUT2D eigenvalue weighted by molar-refractivity contribution is 0.160. The molecule has 1 aliphatic heterocycles. The Bertz CT molecular complexity index is 163. The highest BCUT2D eigenvalue weighted by Crippen LogP contribution is 2.13. The second-order valence-corrected chi connectivity index (χ2v) is 3.45. The molecule has 0 unspecified atom stereocenters. The van der Waals surface area contributed by atoms with E-state index in [0.29, 0.717) is 0 Å². The highest BCUT2D eigenvalue weighted by Gasteiger charge is 2.18. The summed E-state index contributed by atoms with van der Waals surface area (Å²) < 4.78 is 0. The van der Waals surface area contributed by atoms with E-state index in [2.05, 4.69) is 37.0 Å². The number of hydrogen-bond donors (Lipinski definition) is 0. The zero-order valence-corrected chi connectivity index (χ0v) is 6.83. The first-order valence-corrected chi connectivity index (χ1v) is 3.57. The summed E-state index contributed by atoms with van der Waals surface area (Å²) in [6.07, 6.45) is 5.91. The van der Waals surface area contributed by atoms with Crippen LogP contribution in [0.1, 0.15) is 20.8 Å². The van der Waals surface area contributed by atoms with Crippen LogP contribution in [0.3, 0.4) is 0 Å². The largest absolute Gasteiger partial charge is 0.288 e. The van der Waals surface area contributed by atoms with E-state index in [4.69, 9.17) is 0 Å². The molecule has 0 saturated carbocycles. The van der Waals surface area contributed by atoms with E-state index in [1.807, 2.05) is 12.3 Å². The Morgan fingerprint density at radius 2 is 2.10 bits per heavy atom. The molecule has 2 nitrogen and oxygen atoms in total. The van der Waals surface area contributed by atoms with E-state index < -0.39 is 0 Å². The van der Waals surface area contributed by atoms with Gasteiger partial charge in [-0.05, 0) is 26.8 Å². The van der Waals surface area contributed by atoms with Crippen molar-refractivity contribution in [1.82, 2.24) is 5.01 Å². The van der Waals surface area contributed by atoms with Gasteiger partial charge in [0.05, 0.1) is 6.54 Å². The normalized spacial score (nSPS) is 18.1. The van der Waals surface area contributed by atoms with Gasteiger partial charge in [0.1, 0.15) is 0 Å². The van der Waals surface area contributed by atoms with Gasteiger partial charge in [-0.15, -0.1) is 0 Å². The van der Waals surface area contributed by atoms with E-state index in [9.17, 15) is 0 Å². The second-order valence-electron chi connectivity index (χ2n) is 3.45. The van der Waals surface area contributed by atoms with Crippen LogP contribution in [0.4, 0.5) is 0 Å². The molecule has 0 saturated heterocycles. The molecule has 1 aliphatic rings. The number of hydrazone groups is 1. The van der Waals surface area contributed by atoms with Gasteiger partial charge >= 0.3 is 0 Å². The molecule has 0 radical (unpaired) electrons. The Morgan fingerprint density at radius 1 is 1.40 bits per heavy atom. The SMILES string of the molecule is CC(C)(C)N1CC=CC=N1. The van der Waals surface area contributed by atoms with Gasteiger partial charge in [-0.2, -0.15) is 5.10 Å². The molecule has 0 aliphatic carbocycles. The van der Waals surface area contributed by atoms with Crippen LogP contribution in [0.5, 0.6) is 0 Å². The van der Waals surface area contributed by atoms with Crippen molar-refractivity contribution in [3.63, 3.8) is 0 Å². The monoisotopic (exact) mass is 138 g/mol. The van der Waals surface area contributed by atoms with E-state index in [-0.39, 0.29) is 5.54 Å². The summed E-state index contributed by atoms with van der Waals surface area (Å²) in [5.74, 6) is 0. The summed E-state index contributed by atoms with van der Waals surface area (Å²) in [6.45, 7) is 7.40. The second kappa shape index (κ2) is 2.45. The van der Waals surface area contributed by atoms with Crippen LogP contribution in [0.15, 0.2) is 17.3 Å². The smallest absolute Gasteiger partial charge is 0.0550 e. The summed E-state index contributed by atoms with van der Waals surface area (Å²) in [7, 11) is 0.